The Morgan fingerprint density at radius 3 is 2.53 bits per heavy atom. The fourth-order valence-corrected chi connectivity index (χ4v) is 6.86. The molecular formula is C24H28Cl3N3O4S2. The molecule has 1 aliphatic heterocycles. The number of hydrogen-bond acceptors (Lipinski definition) is 7. The number of halogens is 3. The summed E-state index contributed by atoms with van der Waals surface area (Å²) in [5.74, 6) is -0.265. The number of hydrogen-bond donors (Lipinski definition) is 0. The number of anilines is 1. The van der Waals surface area contributed by atoms with Crippen LogP contribution in [-0.4, -0.2) is 69.4 Å². The molecule has 2 aromatic carbocycles. The number of aryl methyl sites for hydroxylation is 1. The average molecular weight is 593 g/mol. The van der Waals surface area contributed by atoms with Crippen LogP contribution < -0.4 is 4.90 Å². The maximum atomic E-state index is 13.3. The van der Waals surface area contributed by atoms with Gasteiger partial charge in [-0.05, 0) is 55.3 Å². The van der Waals surface area contributed by atoms with E-state index in [-0.39, 0.29) is 41.8 Å². The molecule has 0 N–H and O–H groups in total. The Balaban J connectivity index is 0.00000361. The van der Waals surface area contributed by atoms with E-state index in [9.17, 15) is 13.2 Å². The number of ether oxygens (including phenoxy) is 1. The number of rotatable bonds is 9. The fraction of sp³-hybridized carbons (Fsp3) is 0.417. The predicted octanol–water partition coefficient (Wildman–Crippen LogP) is 5.25. The van der Waals surface area contributed by atoms with E-state index in [1.807, 2.05) is 19.1 Å². The van der Waals surface area contributed by atoms with E-state index in [1.54, 1.807) is 17.0 Å². The Morgan fingerprint density at radius 2 is 1.83 bits per heavy atom. The van der Waals surface area contributed by atoms with Crippen LogP contribution in [0, 0.1) is 6.92 Å². The number of benzene rings is 2. The topological polar surface area (TPSA) is 79.8 Å². The van der Waals surface area contributed by atoms with E-state index in [4.69, 9.17) is 32.9 Å². The number of fused-ring (bicyclic) bond motifs is 1. The highest BCUT2D eigenvalue weighted by Gasteiger charge is 2.23. The molecule has 1 aromatic heterocycles. The van der Waals surface area contributed by atoms with Gasteiger partial charge in [0.15, 0.2) is 15.0 Å². The molecule has 7 nitrogen and oxygen atoms in total. The largest absolute Gasteiger partial charge is 0.379 e. The summed E-state index contributed by atoms with van der Waals surface area (Å²) in [4.78, 5) is 22.2. The van der Waals surface area contributed by atoms with Gasteiger partial charge in [-0.3, -0.25) is 14.6 Å². The molecule has 0 saturated carbocycles. The maximum Gasteiger partial charge on any atom is 0.228 e. The number of amides is 1. The van der Waals surface area contributed by atoms with Crippen molar-refractivity contribution >= 4 is 78.0 Å². The molecule has 1 aliphatic rings. The maximum absolute atomic E-state index is 13.3. The van der Waals surface area contributed by atoms with Crippen LogP contribution in [0.5, 0.6) is 0 Å². The molecule has 0 spiro atoms. The van der Waals surface area contributed by atoms with Crippen LogP contribution in [0.3, 0.4) is 0 Å². The van der Waals surface area contributed by atoms with Crippen molar-refractivity contribution in [1.82, 2.24) is 9.88 Å². The van der Waals surface area contributed by atoms with Gasteiger partial charge in [-0.2, -0.15) is 0 Å². The second-order valence-electron chi connectivity index (χ2n) is 8.44. The molecule has 3 aromatic rings. The smallest absolute Gasteiger partial charge is 0.228 e. The highest BCUT2D eigenvalue weighted by atomic mass is 35.5. The summed E-state index contributed by atoms with van der Waals surface area (Å²) in [7, 11) is -3.50. The van der Waals surface area contributed by atoms with Crippen LogP contribution in [0.15, 0.2) is 41.3 Å². The lowest BCUT2D eigenvalue weighted by atomic mass is 10.2. The first-order valence-corrected chi connectivity index (χ1v) is 14.6. The first-order chi connectivity index (χ1) is 16.7. The molecule has 0 aliphatic carbocycles. The van der Waals surface area contributed by atoms with Crippen LogP contribution in [0.1, 0.15) is 18.4 Å². The molecule has 1 saturated heterocycles. The van der Waals surface area contributed by atoms with Gasteiger partial charge in [0.25, 0.3) is 0 Å². The van der Waals surface area contributed by atoms with Gasteiger partial charge in [0.2, 0.25) is 5.91 Å². The number of carbonyl (C=O) groups excluding carboxylic acids is 1. The average Bonchev–Trinajstić information content (AvgIpc) is 3.24. The molecule has 2 heterocycles. The van der Waals surface area contributed by atoms with Crippen molar-refractivity contribution < 1.29 is 17.9 Å². The highest BCUT2D eigenvalue weighted by Crippen LogP contribution is 2.33. The summed E-state index contributed by atoms with van der Waals surface area (Å²) >= 11 is 13.5. The first kappa shape index (κ1) is 29.1. The minimum atomic E-state index is -3.50. The molecule has 1 amide bonds. The number of thiazole rings is 1. The van der Waals surface area contributed by atoms with E-state index in [0.717, 1.165) is 28.9 Å². The molecular weight excluding hydrogens is 565 g/mol. The van der Waals surface area contributed by atoms with Crippen LogP contribution in [-0.2, 0) is 19.4 Å². The molecule has 0 radical (unpaired) electrons. The van der Waals surface area contributed by atoms with E-state index in [1.165, 1.54) is 23.5 Å². The van der Waals surface area contributed by atoms with Crippen molar-refractivity contribution in [2.75, 3.05) is 50.0 Å². The number of morpholine rings is 1. The van der Waals surface area contributed by atoms with Gasteiger partial charge in [-0.15, -0.1) is 12.4 Å². The van der Waals surface area contributed by atoms with E-state index in [0.29, 0.717) is 41.5 Å². The molecule has 0 unspecified atom stereocenters. The molecule has 1 fully saturated rings. The van der Waals surface area contributed by atoms with Crippen molar-refractivity contribution in [1.29, 1.82) is 0 Å². The lowest BCUT2D eigenvalue weighted by Gasteiger charge is -2.29. The third-order valence-electron chi connectivity index (χ3n) is 5.89. The normalized spacial score (nSPS) is 14.5. The third kappa shape index (κ3) is 7.31. The van der Waals surface area contributed by atoms with Crippen LogP contribution in [0.4, 0.5) is 5.13 Å². The molecule has 36 heavy (non-hydrogen) atoms. The SMILES string of the molecule is Cc1cc(Cl)cc2sc(N(CCN3CCOCC3)C(=O)CCCS(=O)(=O)c3ccc(Cl)cc3)nc12.Cl. The number of nitrogens with zero attached hydrogens (tertiary/aromatic N) is 3. The van der Waals surface area contributed by atoms with Crippen molar-refractivity contribution in [3.05, 3.63) is 52.0 Å². The lowest BCUT2D eigenvalue weighted by Crippen LogP contribution is -2.43. The molecule has 4 rings (SSSR count). The van der Waals surface area contributed by atoms with Crippen molar-refractivity contribution in [3.8, 4) is 0 Å². The summed E-state index contributed by atoms with van der Waals surface area (Å²) in [5, 5.41) is 1.70. The Morgan fingerprint density at radius 1 is 1.14 bits per heavy atom. The number of carbonyl (C=O) groups is 1. The fourth-order valence-electron chi connectivity index (χ4n) is 3.96. The Bertz CT molecular complexity index is 1290. The number of sulfone groups is 1. The molecule has 0 bridgehead atoms. The van der Waals surface area contributed by atoms with E-state index < -0.39 is 9.84 Å². The van der Waals surface area contributed by atoms with E-state index in [2.05, 4.69) is 4.90 Å². The van der Waals surface area contributed by atoms with Crippen molar-refractivity contribution in [3.63, 3.8) is 0 Å². The standard InChI is InChI=1S/C24H27Cl2N3O4S2.ClH/c1-17-15-19(26)16-21-23(17)27-24(34-21)29(9-8-28-10-12-33-13-11-28)22(30)3-2-14-35(31,32)20-6-4-18(25)5-7-20;/h4-7,15-16H,2-3,8-14H2,1H3;1H. The van der Waals surface area contributed by atoms with Gasteiger partial charge in [0.1, 0.15) is 0 Å². The summed E-state index contributed by atoms with van der Waals surface area (Å²) in [6, 6.07) is 9.79. The summed E-state index contributed by atoms with van der Waals surface area (Å²) in [5.41, 5.74) is 1.77. The Kier molecular flexibility index (Phi) is 10.4. The van der Waals surface area contributed by atoms with Crippen molar-refractivity contribution in [2.45, 2.75) is 24.7 Å². The minimum absolute atomic E-state index is 0. The molecule has 0 atom stereocenters. The van der Waals surface area contributed by atoms with Crippen LogP contribution in [0.2, 0.25) is 10.0 Å². The third-order valence-corrected chi connectivity index (χ3v) is 9.20. The zero-order valence-electron chi connectivity index (χ0n) is 19.8. The summed E-state index contributed by atoms with van der Waals surface area (Å²) in [6.07, 6.45) is 0.319. The Labute approximate surface area is 231 Å². The summed E-state index contributed by atoms with van der Waals surface area (Å²) in [6.45, 7) is 6.08. The Hall–Kier alpha value is -1.46. The summed E-state index contributed by atoms with van der Waals surface area (Å²) < 4.78 is 31.7. The van der Waals surface area contributed by atoms with E-state index >= 15 is 0 Å². The van der Waals surface area contributed by atoms with Crippen LogP contribution in [0.25, 0.3) is 10.2 Å². The molecule has 12 heteroatoms. The van der Waals surface area contributed by atoms with Gasteiger partial charge in [0.05, 0.1) is 34.1 Å². The number of aromatic nitrogens is 1. The van der Waals surface area contributed by atoms with Gasteiger partial charge in [0, 0.05) is 42.6 Å². The monoisotopic (exact) mass is 591 g/mol. The van der Waals surface area contributed by atoms with Gasteiger partial charge in [-0.1, -0.05) is 34.5 Å². The minimum Gasteiger partial charge on any atom is -0.379 e. The highest BCUT2D eigenvalue weighted by molar-refractivity contribution is 7.91. The first-order valence-electron chi connectivity index (χ1n) is 11.4. The molecule has 196 valence electrons. The van der Waals surface area contributed by atoms with Crippen LogP contribution >= 0.6 is 46.9 Å². The predicted molar refractivity (Wildman–Crippen MR) is 149 cm³/mol. The van der Waals surface area contributed by atoms with Gasteiger partial charge < -0.3 is 4.74 Å². The lowest BCUT2D eigenvalue weighted by molar-refractivity contribution is -0.118. The zero-order chi connectivity index (χ0) is 25.0. The second-order valence-corrected chi connectivity index (χ2v) is 12.4. The van der Waals surface area contributed by atoms with Gasteiger partial charge in [-0.25, -0.2) is 13.4 Å². The van der Waals surface area contributed by atoms with Crippen molar-refractivity contribution in [2.24, 2.45) is 0 Å². The zero-order valence-corrected chi connectivity index (χ0v) is 23.7. The quantitative estimate of drug-likeness (QED) is 0.338. The second kappa shape index (κ2) is 12.9. The van der Waals surface area contributed by atoms with Gasteiger partial charge >= 0.3 is 0 Å².